The van der Waals surface area contributed by atoms with Crippen LogP contribution in [-0.2, 0) is 11.2 Å². The van der Waals surface area contributed by atoms with Crippen LogP contribution in [0.25, 0.3) is 9.88 Å². The summed E-state index contributed by atoms with van der Waals surface area (Å²) in [5.41, 5.74) is 0.902. The predicted octanol–water partition coefficient (Wildman–Crippen LogP) is 3.92. The lowest BCUT2D eigenvalue weighted by Gasteiger charge is -2.35. The van der Waals surface area contributed by atoms with E-state index < -0.39 is 0 Å². The first-order valence-electron chi connectivity index (χ1n) is 7.38. The first-order chi connectivity index (χ1) is 10.1. The molecule has 0 radical (unpaired) electrons. The molecule has 0 aromatic carbocycles. The number of hydrogen-bond acceptors (Lipinski definition) is 4. The first kappa shape index (κ1) is 14.7. The maximum absolute atomic E-state index is 12.4. The molecular weight excluding hydrogens is 300 g/mol. The minimum absolute atomic E-state index is 0.219. The topological polar surface area (TPSA) is 33.2 Å². The summed E-state index contributed by atoms with van der Waals surface area (Å²) < 4.78 is 0. The largest absolute Gasteiger partial charge is 0.342 e. The Morgan fingerprint density at radius 2 is 2.10 bits per heavy atom. The van der Waals surface area contributed by atoms with E-state index in [0.717, 1.165) is 23.8 Å². The summed E-state index contributed by atoms with van der Waals surface area (Å²) in [4.78, 5) is 20.3. The van der Waals surface area contributed by atoms with Crippen LogP contribution in [0.2, 0.25) is 0 Å². The van der Waals surface area contributed by atoms with Gasteiger partial charge in [-0.3, -0.25) is 4.79 Å². The van der Waals surface area contributed by atoms with E-state index in [9.17, 15) is 4.79 Å². The average Bonchev–Trinajstić information content (AvgIpc) is 3.07. The molecule has 112 valence electrons. The van der Waals surface area contributed by atoms with E-state index in [1.54, 1.807) is 22.7 Å². The third-order valence-corrected chi connectivity index (χ3v) is 5.77. The van der Waals surface area contributed by atoms with Crippen LogP contribution in [0.4, 0.5) is 0 Å². The number of carbonyl (C=O) groups is 1. The number of hydrogen-bond donors (Lipinski definition) is 0. The molecule has 2 aromatic rings. The van der Waals surface area contributed by atoms with E-state index >= 15 is 0 Å². The molecule has 1 fully saturated rings. The number of thiazole rings is 1. The lowest BCUT2D eigenvalue weighted by molar-refractivity contribution is -0.133. The zero-order valence-electron chi connectivity index (χ0n) is 12.4. The van der Waals surface area contributed by atoms with E-state index in [1.165, 1.54) is 11.3 Å². The Labute approximate surface area is 133 Å². The zero-order chi connectivity index (χ0) is 14.8. The lowest BCUT2D eigenvalue weighted by Crippen LogP contribution is -2.43. The molecule has 1 amide bonds. The molecule has 0 saturated carbocycles. The van der Waals surface area contributed by atoms with Gasteiger partial charge in [0.05, 0.1) is 17.0 Å². The molecule has 1 aliphatic heterocycles. The molecule has 0 bridgehead atoms. The van der Waals surface area contributed by atoms with Crippen molar-refractivity contribution in [1.29, 1.82) is 0 Å². The fourth-order valence-corrected chi connectivity index (χ4v) is 4.67. The smallest absolute Gasteiger partial charge is 0.228 e. The number of thiophene rings is 1. The Hall–Kier alpha value is -1.20. The standard InChI is InChI=1S/C16H20N2OS2/c1-11-6-12(2)9-18(8-11)15(19)7-13-10-21-16(17-13)14-4-3-5-20-14/h3-5,10-12H,6-9H2,1-2H3. The van der Waals surface area contributed by atoms with Gasteiger partial charge in [0, 0.05) is 18.5 Å². The van der Waals surface area contributed by atoms with E-state index in [-0.39, 0.29) is 5.91 Å². The molecule has 2 unspecified atom stereocenters. The molecule has 1 aliphatic rings. The Morgan fingerprint density at radius 3 is 2.76 bits per heavy atom. The van der Waals surface area contributed by atoms with Gasteiger partial charge in [-0.1, -0.05) is 19.9 Å². The summed E-state index contributed by atoms with van der Waals surface area (Å²) in [6, 6.07) is 4.10. The molecule has 1 saturated heterocycles. The SMILES string of the molecule is CC1CC(C)CN(C(=O)Cc2csc(-c3cccs3)n2)C1. The molecule has 3 heterocycles. The maximum atomic E-state index is 12.4. The molecule has 0 aliphatic carbocycles. The van der Waals surface area contributed by atoms with Crippen molar-refractivity contribution in [3.8, 4) is 9.88 Å². The Morgan fingerprint density at radius 1 is 1.33 bits per heavy atom. The summed E-state index contributed by atoms with van der Waals surface area (Å²) in [7, 11) is 0. The van der Waals surface area contributed by atoms with Crippen molar-refractivity contribution in [3.63, 3.8) is 0 Å². The van der Waals surface area contributed by atoms with E-state index in [2.05, 4.69) is 30.3 Å². The Bertz CT molecular complexity index is 596. The third-order valence-electron chi connectivity index (χ3n) is 3.84. The highest BCUT2D eigenvalue weighted by Gasteiger charge is 2.25. The van der Waals surface area contributed by atoms with Crippen LogP contribution in [0.5, 0.6) is 0 Å². The molecule has 3 nitrogen and oxygen atoms in total. The lowest BCUT2D eigenvalue weighted by atomic mass is 9.92. The van der Waals surface area contributed by atoms with Crippen LogP contribution in [-0.4, -0.2) is 28.9 Å². The van der Waals surface area contributed by atoms with Gasteiger partial charge in [-0.05, 0) is 29.7 Å². The zero-order valence-corrected chi connectivity index (χ0v) is 14.0. The number of piperidine rings is 1. The van der Waals surface area contributed by atoms with Gasteiger partial charge in [0.15, 0.2) is 0 Å². The van der Waals surface area contributed by atoms with E-state index in [0.29, 0.717) is 18.3 Å². The summed E-state index contributed by atoms with van der Waals surface area (Å²) in [6.45, 7) is 6.25. The van der Waals surface area contributed by atoms with Crippen LogP contribution in [0.1, 0.15) is 26.0 Å². The quantitative estimate of drug-likeness (QED) is 0.859. The van der Waals surface area contributed by atoms with Crippen molar-refractivity contribution in [1.82, 2.24) is 9.88 Å². The number of likely N-dealkylation sites (tertiary alicyclic amines) is 1. The monoisotopic (exact) mass is 320 g/mol. The van der Waals surface area contributed by atoms with E-state index in [1.807, 2.05) is 16.3 Å². The minimum atomic E-state index is 0.219. The van der Waals surface area contributed by atoms with Gasteiger partial charge in [0.1, 0.15) is 5.01 Å². The highest BCUT2D eigenvalue weighted by molar-refractivity contribution is 7.20. The van der Waals surface area contributed by atoms with Gasteiger partial charge in [0.2, 0.25) is 5.91 Å². The van der Waals surface area contributed by atoms with Crippen molar-refractivity contribution in [2.24, 2.45) is 11.8 Å². The second-order valence-corrected chi connectivity index (χ2v) is 7.85. The number of aromatic nitrogens is 1. The van der Waals surface area contributed by atoms with Crippen LogP contribution in [0.3, 0.4) is 0 Å². The van der Waals surface area contributed by atoms with Crippen LogP contribution in [0.15, 0.2) is 22.9 Å². The second kappa shape index (κ2) is 6.28. The van der Waals surface area contributed by atoms with Gasteiger partial charge in [-0.2, -0.15) is 0 Å². The minimum Gasteiger partial charge on any atom is -0.342 e. The number of rotatable bonds is 3. The van der Waals surface area contributed by atoms with Crippen molar-refractivity contribution < 1.29 is 4.79 Å². The first-order valence-corrected chi connectivity index (χ1v) is 9.14. The molecular formula is C16H20N2OS2. The van der Waals surface area contributed by atoms with Gasteiger partial charge in [-0.15, -0.1) is 22.7 Å². The van der Waals surface area contributed by atoms with Gasteiger partial charge < -0.3 is 4.90 Å². The van der Waals surface area contributed by atoms with Crippen molar-refractivity contribution in [3.05, 3.63) is 28.6 Å². The highest BCUT2D eigenvalue weighted by Crippen LogP contribution is 2.28. The van der Waals surface area contributed by atoms with Crippen molar-refractivity contribution >= 4 is 28.6 Å². The molecule has 2 atom stereocenters. The summed E-state index contributed by atoms with van der Waals surface area (Å²) in [5, 5.41) is 5.09. The average molecular weight is 320 g/mol. The fraction of sp³-hybridized carbons (Fsp3) is 0.500. The normalized spacial score (nSPS) is 22.5. The van der Waals surface area contributed by atoms with Crippen LogP contribution < -0.4 is 0 Å². The van der Waals surface area contributed by atoms with Gasteiger partial charge in [0.25, 0.3) is 0 Å². The molecule has 21 heavy (non-hydrogen) atoms. The molecule has 3 rings (SSSR count). The third kappa shape index (κ3) is 3.52. The maximum Gasteiger partial charge on any atom is 0.228 e. The molecule has 5 heteroatoms. The molecule has 0 spiro atoms. The number of nitrogens with zero attached hydrogens (tertiary/aromatic N) is 2. The Balaban J connectivity index is 1.65. The predicted molar refractivity (Wildman–Crippen MR) is 88.7 cm³/mol. The summed E-state index contributed by atoms with van der Waals surface area (Å²) in [6.07, 6.45) is 1.66. The van der Waals surface area contributed by atoms with Crippen molar-refractivity contribution in [2.75, 3.05) is 13.1 Å². The number of amides is 1. The van der Waals surface area contributed by atoms with Gasteiger partial charge in [-0.25, -0.2) is 4.98 Å². The fourth-order valence-electron chi connectivity index (χ4n) is 3.03. The van der Waals surface area contributed by atoms with Gasteiger partial charge >= 0.3 is 0 Å². The highest BCUT2D eigenvalue weighted by atomic mass is 32.1. The van der Waals surface area contributed by atoms with Crippen LogP contribution in [0, 0.1) is 11.8 Å². The molecule has 0 N–H and O–H groups in total. The Kier molecular flexibility index (Phi) is 4.40. The summed E-state index contributed by atoms with van der Waals surface area (Å²) in [5.74, 6) is 1.43. The summed E-state index contributed by atoms with van der Waals surface area (Å²) >= 11 is 3.32. The van der Waals surface area contributed by atoms with Crippen molar-refractivity contribution in [2.45, 2.75) is 26.7 Å². The second-order valence-electron chi connectivity index (χ2n) is 6.04. The molecule has 2 aromatic heterocycles. The van der Waals surface area contributed by atoms with E-state index in [4.69, 9.17) is 0 Å². The number of carbonyl (C=O) groups excluding carboxylic acids is 1. The van der Waals surface area contributed by atoms with Crippen LogP contribution >= 0.6 is 22.7 Å².